The molecule has 28 heavy (non-hydrogen) atoms. The summed E-state index contributed by atoms with van der Waals surface area (Å²) in [5.74, 6) is 1.66. The largest absolute Gasteiger partial charge is 0.457 e. The second-order valence-corrected chi connectivity index (χ2v) is 7.56. The van der Waals surface area contributed by atoms with Crippen LogP contribution in [0.4, 0.5) is 5.69 Å². The van der Waals surface area contributed by atoms with E-state index in [1.165, 1.54) is 24.6 Å². The number of thioether (sulfide) groups is 1. The van der Waals surface area contributed by atoms with Gasteiger partial charge in [0, 0.05) is 5.69 Å². The molecule has 0 unspecified atom stereocenters. The molecule has 0 bridgehead atoms. The van der Waals surface area contributed by atoms with E-state index >= 15 is 0 Å². The van der Waals surface area contributed by atoms with Gasteiger partial charge >= 0.3 is 0 Å². The van der Waals surface area contributed by atoms with Crippen molar-refractivity contribution in [3.63, 3.8) is 0 Å². The Kier molecular flexibility index (Phi) is 5.86. The molecule has 8 heteroatoms. The Labute approximate surface area is 167 Å². The third-order valence-electron chi connectivity index (χ3n) is 4.58. The molecule has 2 aromatic carbocycles. The van der Waals surface area contributed by atoms with Gasteiger partial charge in [0.2, 0.25) is 11.1 Å². The maximum Gasteiger partial charge on any atom is 0.234 e. The molecule has 3 aromatic rings. The zero-order chi connectivity index (χ0) is 19.2. The molecule has 144 valence electrons. The van der Waals surface area contributed by atoms with Crippen molar-refractivity contribution in [3.05, 3.63) is 54.6 Å². The van der Waals surface area contributed by atoms with Crippen LogP contribution in [0.3, 0.4) is 0 Å². The van der Waals surface area contributed by atoms with Crippen LogP contribution in [0.15, 0.2) is 59.8 Å². The van der Waals surface area contributed by atoms with Crippen molar-refractivity contribution in [2.45, 2.75) is 36.9 Å². The summed E-state index contributed by atoms with van der Waals surface area (Å²) in [5.41, 5.74) is 0.724. The van der Waals surface area contributed by atoms with Crippen LogP contribution in [0.5, 0.6) is 11.5 Å². The highest BCUT2D eigenvalue weighted by Crippen LogP contribution is 2.31. The summed E-state index contributed by atoms with van der Waals surface area (Å²) in [6, 6.07) is 17.2. The molecule has 7 nitrogen and oxygen atoms in total. The van der Waals surface area contributed by atoms with Crippen LogP contribution in [0.25, 0.3) is 0 Å². The lowest BCUT2D eigenvalue weighted by atomic mass is 10.3. The van der Waals surface area contributed by atoms with Crippen LogP contribution in [-0.2, 0) is 4.79 Å². The predicted octanol–water partition coefficient (Wildman–Crippen LogP) is 4.31. The molecule has 1 saturated carbocycles. The van der Waals surface area contributed by atoms with E-state index in [9.17, 15) is 4.79 Å². The van der Waals surface area contributed by atoms with E-state index in [1.54, 1.807) is 0 Å². The average molecular weight is 395 g/mol. The van der Waals surface area contributed by atoms with Gasteiger partial charge in [-0.3, -0.25) is 4.79 Å². The first-order valence-electron chi connectivity index (χ1n) is 9.31. The molecule has 4 rings (SSSR count). The van der Waals surface area contributed by atoms with Crippen molar-refractivity contribution in [1.29, 1.82) is 0 Å². The molecule has 1 aromatic heterocycles. The van der Waals surface area contributed by atoms with Crippen LogP contribution in [-0.4, -0.2) is 31.9 Å². The minimum atomic E-state index is -0.0947. The van der Waals surface area contributed by atoms with Crippen molar-refractivity contribution in [2.24, 2.45) is 0 Å². The van der Waals surface area contributed by atoms with E-state index in [-0.39, 0.29) is 11.7 Å². The van der Waals surface area contributed by atoms with E-state index in [0.717, 1.165) is 24.3 Å². The molecule has 1 aliphatic rings. The number of hydrogen-bond donors (Lipinski definition) is 1. The van der Waals surface area contributed by atoms with Crippen LogP contribution >= 0.6 is 11.8 Å². The highest BCUT2D eigenvalue weighted by molar-refractivity contribution is 7.99. The van der Waals surface area contributed by atoms with Crippen molar-refractivity contribution < 1.29 is 9.53 Å². The van der Waals surface area contributed by atoms with Gasteiger partial charge in [-0.2, -0.15) is 0 Å². The fraction of sp³-hybridized carbons (Fsp3) is 0.300. The molecule has 0 saturated heterocycles. The first-order valence-corrected chi connectivity index (χ1v) is 10.3. The second kappa shape index (κ2) is 8.88. The zero-order valence-corrected chi connectivity index (χ0v) is 16.1. The molecule has 1 aliphatic carbocycles. The number of tetrazole rings is 1. The standard InChI is InChI=1S/C20H21N5O2S/c26-19(14-28-20-22-23-24-25(20)16-6-4-5-7-16)21-15-10-12-18(13-11-15)27-17-8-2-1-3-9-17/h1-3,8-13,16H,4-7,14H2,(H,21,26). The van der Waals surface area contributed by atoms with Gasteiger partial charge in [-0.15, -0.1) is 5.10 Å². The van der Waals surface area contributed by atoms with Crippen molar-refractivity contribution in [1.82, 2.24) is 20.2 Å². The number of benzene rings is 2. The van der Waals surface area contributed by atoms with Gasteiger partial charge in [0.25, 0.3) is 0 Å². The van der Waals surface area contributed by atoms with Crippen molar-refractivity contribution in [2.75, 3.05) is 11.1 Å². The summed E-state index contributed by atoms with van der Waals surface area (Å²) in [7, 11) is 0. The van der Waals surface area contributed by atoms with E-state index in [2.05, 4.69) is 20.8 Å². The van der Waals surface area contributed by atoms with E-state index < -0.39 is 0 Å². The molecule has 1 amide bonds. The molecule has 1 N–H and O–H groups in total. The number of nitrogens with zero attached hydrogens (tertiary/aromatic N) is 4. The smallest absolute Gasteiger partial charge is 0.234 e. The van der Waals surface area contributed by atoms with Gasteiger partial charge in [-0.1, -0.05) is 42.8 Å². The minimum absolute atomic E-state index is 0.0947. The number of amides is 1. The highest BCUT2D eigenvalue weighted by atomic mass is 32.2. The van der Waals surface area contributed by atoms with Gasteiger partial charge in [-0.25, -0.2) is 4.68 Å². The Morgan fingerprint density at radius 1 is 1.07 bits per heavy atom. The molecule has 0 atom stereocenters. The Hall–Kier alpha value is -2.87. The number of ether oxygens (including phenoxy) is 1. The molecular formula is C20H21N5O2S. The lowest BCUT2D eigenvalue weighted by molar-refractivity contribution is -0.113. The average Bonchev–Trinajstić information content (AvgIpc) is 3.40. The number of para-hydroxylation sites is 1. The summed E-state index contributed by atoms with van der Waals surface area (Å²) >= 11 is 1.36. The Morgan fingerprint density at radius 2 is 1.79 bits per heavy atom. The third kappa shape index (κ3) is 4.69. The molecule has 0 spiro atoms. The third-order valence-corrected chi connectivity index (χ3v) is 5.52. The van der Waals surface area contributed by atoms with Gasteiger partial charge < -0.3 is 10.1 Å². The number of aromatic nitrogens is 4. The zero-order valence-electron chi connectivity index (χ0n) is 15.3. The fourth-order valence-corrected chi connectivity index (χ4v) is 3.96. The molecular weight excluding hydrogens is 374 g/mol. The van der Waals surface area contributed by atoms with Crippen LogP contribution in [0, 0.1) is 0 Å². The Bertz CT molecular complexity index is 908. The predicted molar refractivity (Wildman–Crippen MR) is 108 cm³/mol. The maximum absolute atomic E-state index is 12.3. The molecule has 1 heterocycles. The normalized spacial score (nSPS) is 14.1. The van der Waals surface area contributed by atoms with Gasteiger partial charge in [0.15, 0.2) is 0 Å². The van der Waals surface area contributed by atoms with Gasteiger partial charge in [-0.05, 0) is 59.7 Å². The summed E-state index contributed by atoms with van der Waals surface area (Å²) in [5, 5.41) is 15.5. The molecule has 0 aliphatic heterocycles. The minimum Gasteiger partial charge on any atom is -0.457 e. The Morgan fingerprint density at radius 3 is 2.54 bits per heavy atom. The maximum atomic E-state index is 12.3. The number of hydrogen-bond acceptors (Lipinski definition) is 6. The van der Waals surface area contributed by atoms with Gasteiger partial charge in [0.05, 0.1) is 11.8 Å². The number of carbonyl (C=O) groups excluding carboxylic acids is 1. The fourth-order valence-electron chi connectivity index (χ4n) is 3.22. The second-order valence-electron chi connectivity index (χ2n) is 6.62. The first-order chi connectivity index (χ1) is 13.8. The van der Waals surface area contributed by atoms with Crippen molar-refractivity contribution >= 4 is 23.4 Å². The van der Waals surface area contributed by atoms with Crippen LogP contribution in [0.2, 0.25) is 0 Å². The Balaban J connectivity index is 1.29. The summed E-state index contributed by atoms with van der Waals surface area (Å²) in [4.78, 5) is 12.3. The van der Waals surface area contributed by atoms with E-state index in [1.807, 2.05) is 59.3 Å². The SMILES string of the molecule is O=C(CSc1nnnn1C1CCCC1)Nc1ccc(Oc2ccccc2)cc1. The van der Waals surface area contributed by atoms with Gasteiger partial charge in [0.1, 0.15) is 11.5 Å². The molecule has 1 fully saturated rings. The number of carbonyl (C=O) groups is 1. The summed E-state index contributed by atoms with van der Waals surface area (Å²) in [6.07, 6.45) is 4.61. The van der Waals surface area contributed by atoms with Crippen LogP contribution in [0.1, 0.15) is 31.7 Å². The summed E-state index contributed by atoms with van der Waals surface area (Å²) in [6.45, 7) is 0. The highest BCUT2D eigenvalue weighted by Gasteiger charge is 2.22. The summed E-state index contributed by atoms with van der Waals surface area (Å²) < 4.78 is 7.62. The number of anilines is 1. The number of rotatable bonds is 7. The lowest BCUT2D eigenvalue weighted by Crippen LogP contribution is -2.15. The monoisotopic (exact) mass is 395 g/mol. The van der Waals surface area contributed by atoms with Crippen LogP contribution < -0.4 is 10.1 Å². The lowest BCUT2D eigenvalue weighted by Gasteiger charge is -2.11. The molecule has 0 radical (unpaired) electrons. The van der Waals surface area contributed by atoms with E-state index in [0.29, 0.717) is 16.9 Å². The topological polar surface area (TPSA) is 81.9 Å². The first kappa shape index (κ1) is 18.5. The van der Waals surface area contributed by atoms with E-state index in [4.69, 9.17) is 4.74 Å². The van der Waals surface area contributed by atoms with Crippen molar-refractivity contribution in [3.8, 4) is 11.5 Å². The quantitative estimate of drug-likeness (QED) is 0.600. The number of nitrogens with one attached hydrogen (secondary N) is 1.